The van der Waals surface area contributed by atoms with Crippen molar-refractivity contribution in [3.8, 4) is 5.75 Å². The molecule has 24 heavy (non-hydrogen) atoms. The SMILES string of the molecule is COc1ccc(Cl)cc1N(CC(=O)Nc1ccccc1C)C(C)=O. The zero-order valence-corrected chi connectivity index (χ0v) is 14.6. The maximum atomic E-state index is 12.4. The summed E-state index contributed by atoms with van der Waals surface area (Å²) in [5, 5.41) is 3.27. The molecule has 5 nitrogen and oxygen atoms in total. The summed E-state index contributed by atoms with van der Waals surface area (Å²) in [4.78, 5) is 25.7. The van der Waals surface area contributed by atoms with Gasteiger partial charge < -0.3 is 10.1 Å². The number of anilines is 2. The lowest BCUT2D eigenvalue weighted by Gasteiger charge is -2.23. The molecule has 0 aliphatic rings. The first-order valence-corrected chi connectivity index (χ1v) is 7.77. The van der Waals surface area contributed by atoms with Gasteiger partial charge in [-0.1, -0.05) is 29.8 Å². The number of carbonyl (C=O) groups excluding carboxylic acids is 2. The van der Waals surface area contributed by atoms with Gasteiger partial charge in [-0.25, -0.2) is 0 Å². The Morgan fingerprint density at radius 3 is 2.54 bits per heavy atom. The third kappa shape index (κ3) is 4.26. The van der Waals surface area contributed by atoms with Gasteiger partial charge in [-0.3, -0.25) is 14.5 Å². The second kappa shape index (κ2) is 7.84. The molecule has 0 fully saturated rings. The predicted molar refractivity (Wildman–Crippen MR) is 95.8 cm³/mol. The molecule has 2 rings (SSSR count). The summed E-state index contributed by atoms with van der Waals surface area (Å²) in [5.41, 5.74) is 2.11. The van der Waals surface area contributed by atoms with Crippen molar-refractivity contribution in [2.45, 2.75) is 13.8 Å². The number of rotatable bonds is 5. The van der Waals surface area contributed by atoms with Gasteiger partial charge in [-0.05, 0) is 36.8 Å². The van der Waals surface area contributed by atoms with Crippen molar-refractivity contribution >= 4 is 34.8 Å². The van der Waals surface area contributed by atoms with E-state index in [0.717, 1.165) is 5.56 Å². The fourth-order valence-corrected chi connectivity index (χ4v) is 2.45. The van der Waals surface area contributed by atoms with Crippen LogP contribution in [0.15, 0.2) is 42.5 Å². The summed E-state index contributed by atoms with van der Waals surface area (Å²) >= 11 is 6.02. The minimum absolute atomic E-state index is 0.139. The number of carbonyl (C=O) groups is 2. The van der Waals surface area contributed by atoms with E-state index >= 15 is 0 Å². The van der Waals surface area contributed by atoms with Gasteiger partial charge >= 0.3 is 0 Å². The Morgan fingerprint density at radius 1 is 1.21 bits per heavy atom. The number of amides is 2. The molecule has 0 unspecified atom stereocenters. The van der Waals surface area contributed by atoms with E-state index in [1.165, 1.54) is 18.9 Å². The zero-order valence-electron chi connectivity index (χ0n) is 13.8. The van der Waals surface area contributed by atoms with Crippen LogP contribution in [0.4, 0.5) is 11.4 Å². The second-order valence-electron chi connectivity index (χ2n) is 5.28. The largest absolute Gasteiger partial charge is 0.495 e. The molecule has 2 amide bonds. The standard InChI is InChI=1S/C18H19ClN2O3/c1-12-6-4-5-7-15(12)20-18(23)11-21(13(2)22)16-10-14(19)8-9-17(16)24-3/h4-10H,11H2,1-3H3,(H,20,23). The van der Waals surface area contributed by atoms with Gasteiger partial charge in [0.15, 0.2) is 0 Å². The lowest BCUT2D eigenvalue weighted by atomic mass is 10.2. The van der Waals surface area contributed by atoms with Crippen LogP contribution in [0.25, 0.3) is 0 Å². The van der Waals surface area contributed by atoms with Crippen molar-refractivity contribution in [2.75, 3.05) is 23.9 Å². The van der Waals surface area contributed by atoms with Crippen LogP contribution in [0.5, 0.6) is 5.75 Å². The van der Waals surface area contributed by atoms with Gasteiger partial charge in [0.25, 0.3) is 0 Å². The molecule has 0 heterocycles. The van der Waals surface area contributed by atoms with E-state index in [1.807, 2.05) is 31.2 Å². The lowest BCUT2D eigenvalue weighted by molar-refractivity contribution is -0.120. The molecule has 0 aliphatic carbocycles. The number of halogens is 1. The van der Waals surface area contributed by atoms with Gasteiger partial charge in [0.1, 0.15) is 12.3 Å². The highest BCUT2D eigenvalue weighted by Gasteiger charge is 2.20. The van der Waals surface area contributed by atoms with Crippen LogP contribution in [0, 0.1) is 6.92 Å². The minimum Gasteiger partial charge on any atom is -0.495 e. The first-order chi connectivity index (χ1) is 11.4. The first kappa shape index (κ1) is 17.8. The molecule has 0 aliphatic heterocycles. The first-order valence-electron chi connectivity index (χ1n) is 7.39. The average molecular weight is 347 g/mol. The fraction of sp³-hybridized carbons (Fsp3) is 0.222. The smallest absolute Gasteiger partial charge is 0.244 e. The summed E-state index contributed by atoms with van der Waals surface area (Å²) in [6, 6.07) is 12.4. The Labute approximate surface area is 146 Å². The quantitative estimate of drug-likeness (QED) is 0.899. The Hall–Kier alpha value is -2.53. The van der Waals surface area contributed by atoms with Crippen molar-refractivity contribution in [1.29, 1.82) is 0 Å². The van der Waals surface area contributed by atoms with Crippen molar-refractivity contribution in [3.05, 3.63) is 53.1 Å². The number of benzene rings is 2. The van der Waals surface area contributed by atoms with Crippen molar-refractivity contribution in [3.63, 3.8) is 0 Å². The summed E-state index contributed by atoms with van der Waals surface area (Å²) in [6.07, 6.45) is 0. The van der Waals surface area contributed by atoms with E-state index in [9.17, 15) is 9.59 Å². The van der Waals surface area contributed by atoms with E-state index in [4.69, 9.17) is 16.3 Å². The Balaban J connectivity index is 2.23. The summed E-state index contributed by atoms with van der Waals surface area (Å²) < 4.78 is 5.27. The highest BCUT2D eigenvalue weighted by Crippen LogP contribution is 2.31. The molecular formula is C18H19ClN2O3. The fourth-order valence-electron chi connectivity index (χ4n) is 2.29. The number of hydrogen-bond acceptors (Lipinski definition) is 3. The van der Waals surface area contributed by atoms with Crippen LogP contribution in [0.3, 0.4) is 0 Å². The molecule has 2 aromatic rings. The maximum Gasteiger partial charge on any atom is 0.244 e. The molecule has 0 spiro atoms. The van der Waals surface area contributed by atoms with Gasteiger partial charge in [-0.15, -0.1) is 0 Å². The average Bonchev–Trinajstić information content (AvgIpc) is 2.54. The number of hydrogen-bond donors (Lipinski definition) is 1. The van der Waals surface area contributed by atoms with Crippen LogP contribution in [0.2, 0.25) is 5.02 Å². The molecule has 6 heteroatoms. The van der Waals surface area contributed by atoms with Gasteiger partial charge in [0, 0.05) is 17.6 Å². The molecule has 0 radical (unpaired) electrons. The van der Waals surface area contributed by atoms with Gasteiger partial charge in [-0.2, -0.15) is 0 Å². The molecule has 2 aromatic carbocycles. The Bertz CT molecular complexity index is 762. The zero-order chi connectivity index (χ0) is 17.7. The van der Waals surface area contributed by atoms with Crippen LogP contribution in [-0.2, 0) is 9.59 Å². The van der Waals surface area contributed by atoms with Gasteiger partial charge in [0.2, 0.25) is 11.8 Å². The topological polar surface area (TPSA) is 58.6 Å². The third-order valence-corrected chi connectivity index (χ3v) is 3.77. The predicted octanol–water partition coefficient (Wildman–Crippen LogP) is 3.65. The third-order valence-electron chi connectivity index (χ3n) is 3.53. The summed E-state index contributed by atoms with van der Waals surface area (Å²) in [6.45, 7) is 3.15. The number of ether oxygens (including phenoxy) is 1. The number of methoxy groups -OCH3 is 1. The Morgan fingerprint density at radius 2 is 1.92 bits per heavy atom. The Kier molecular flexibility index (Phi) is 5.82. The monoisotopic (exact) mass is 346 g/mol. The maximum absolute atomic E-state index is 12.4. The van der Waals surface area contributed by atoms with Crippen LogP contribution in [0.1, 0.15) is 12.5 Å². The number of nitrogens with zero attached hydrogens (tertiary/aromatic N) is 1. The molecular weight excluding hydrogens is 328 g/mol. The van der Waals surface area contributed by atoms with Crippen molar-refractivity contribution in [2.24, 2.45) is 0 Å². The van der Waals surface area contributed by atoms with Crippen LogP contribution >= 0.6 is 11.6 Å². The highest BCUT2D eigenvalue weighted by molar-refractivity contribution is 6.31. The highest BCUT2D eigenvalue weighted by atomic mass is 35.5. The summed E-state index contributed by atoms with van der Waals surface area (Å²) in [5.74, 6) is -0.115. The van der Waals surface area contributed by atoms with E-state index in [0.29, 0.717) is 22.1 Å². The van der Waals surface area contributed by atoms with E-state index < -0.39 is 0 Å². The van der Waals surface area contributed by atoms with E-state index in [2.05, 4.69) is 5.32 Å². The van der Waals surface area contributed by atoms with Crippen molar-refractivity contribution < 1.29 is 14.3 Å². The molecule has 0 saturated carbocycles. The number of nitrogens with one attached hydrogen (secondary N) is 1. The molecule has 126 valence electrons. The minimum atomic E-state index is -0.304. The molecule has 0 aromatic heterocycles. The number of aryl methyl sites for hydroxylation is 1. The summed E-state index contributed by atoms with van der Waals surface area (Å²) in [7, 11) is 1.50. The van der Waals surface area contributed by atoms with E-state index in [-0.39, 0.29) is 18.4 Å². The molecule has 0 atom stereocenters. The molecule has 0 bridgehead atoms. The van der Waals surface area contributed by atoms with E-state index in [1.54, 1.807) is 18.2 Å². The van der Waals surface area contributed by atoms with Gasteiger partial charge in [0.05, 0.1) is 12.8 Å². The normalized spacial score (nSPS) is 10.2. The van der Waals surface area contributed by atoms with Crippen LogP contribution < -0.4 is 15.0 Å². The number of para-hydroxylation sites is 1. The van der Waals surface area contributed by atoms with Crippen LogP contribution in [-0.4, -0.2) is 25.5 Å². The molecule has 1 N–H and O–H groups in total. The van der Waals surface area contributed by atoms with Crippen molar-refractivity contribution in [1.82, 2.24) is 0 Å². The second-order valence-corrected chi connectivity index (χ2v) is 5.72. The lowest BCUT2D eigenvalue weighted by Crippen LogP contribution is -2.37. The molecule has 0 saturated heterocycles.